The summed E-state index contributed by atoms with van der Waals surface area (Å²) < 4.78 is 5.66. The van der Waals surface area contributed by atoms with Gasteiger partial charge >= 0.3 is 6.09 Å². The molecule has 0 bridgehead atoms. The van der Waals surface area contributed by atoms with Gasteiger partial charge in [0.2, 0.25) is 0 Å². The molecule has 0 saturated carbocycles. The van der Waals surface area contributed by atoms with Crippen molar-refractivity contribution < 1.29 is 19.7 Å². The maximum Gasteiger partial charge on any atom is 0.412 e. The average Bonchev–Trinajstić information content (AvgIpc) is 3.07. The number of aliphatic hydroxyl groups excluding tert-OH is 1. The molecule has 0 aliphatic carbocycles. The minimum Gasteiger partial charge on any atom is -0.444 e. The third-order valence-corrected chi connectivity index (χ3v) is 13.4. The Kier molecular flexibility index (Phi) is 6.86. The number of amides is 1. The lowest BCUT2D eigenvalue weighted by atomic mass is 10.1. The first-order valence-corrected chi connectivity index (χ1v) is 13.8. The highest BCUT2D eigenvalue weighted by molar-refractivity contribution is 7.05. The highest BCUT2D eigenvalue weighted by Gasteiger charge is 2.61. The van der Waals surface area contributed by atoms with E-state index in [1.165, 1.54) is 15.3 Å². The van der Waals surface area contributed by atoms with Gasteiger partial charge in [-0.2, -0.15) is 0 Å². The fraction of sp³-hybridized carbons (Fsp3) is 0.519. The predicted molar refractivity (Wildman–Crippen MR) is 136 cm³/mol. The molecule has 6 heteroatoms. The molecule has 33 heavy (non-hydrogen) atoms. The number of carbonyl (C=O) groups is 1. The standard InChI is InChI=1S/C27H39NO4Si/c1-20(29)27(31)18-23(19-28(27)24(30)32-25(2,3)4)33(26(5,6)7,21-14-10-8-11-15-21)22-16-12-9-13-17-22/h8-17,20,23,29,31H,18-19H2,1-7H3/t20?,23-,27+/m1/s1. The molecule has 1 fully saturated rings. The van der Waals surface area contributed by atoms with Crippen LogP contribution in [0.4, 0.5) is 4.79 Å². The molecule has 2 aromatic carbocycles. The zero-order valence-electron chi connectivity index (χ0n) is 21.0. The van der Waals surface area contributed by atoms with Crippen molar-refractivity contribution in [3.63, 3.8) is 0 Å². The Bertz CT molecular complexity index is 910. The molecule has 5 nitrogen and oxygen atoms in total. The number of hydrogen-bond acceptors (Lipinski definition) is 4. The first-order valence-electron chi connectivity index (χ1n) is 11.8. The molecule has 0 spiro atoms. The third-order valence-electron chi connectivity index (χ3n) is 6.95. The number of likely N-dealkylation sites (tertiary alicyclic amines) is 1. The van der Waals surface area contributed by atoms with Crippen molar-refractivity contribution in [2.75, 3.05) is 6.54 Å². The molecule has 2 N–H and O–H groups in total. The summed E-state index contributed by atoms with van der Waals surface area (Å²) in [6.45, 7) is 14.1. The lowest BCUT2D eigenvalue weighted by molar-refractivity contribution is -0.146. The molecular formula is C27H39NO4Si. The van der Waals surface area contributed by atoms with Crippen LogP contribution in [0.15, 0.2) is 60.7 Å². The van der Waals surface area contributed by atoms with Crippen LogP contribution in [-0.2, 0) is 4.74 Å². The molecule has 1 aliphatic rings. The first-order chi connectivity index (χ1) is 15.2. The number of rotatable bonds is 4. The van der Waals surface area contributed by atoms with Crippen LogP contribution in [0, 0.1) is 0 Å². The van der Waals surface area contributed by atoms with Crippen molar-refractivity contribution in [1.82, 2.24) is 4.90 Å². The zero-order valence-corrected chi connectivity index (χ0v) is 22.0. The fourth-order valence-corrected chi connectivity index (χ4v) is 12.4. The van der Waals surface area contributed by atoms with Crippen LogP contribution in [0.2, 0.25) is 10.6 Å². The van der Waals surface area contributed by atoms with Crippen LogP contribution in [0.1, 0.15) is 54.9 Å². The van der Waals surface area contributed by atoms with Gasteiger partial charge in [0.1, 0.15) is 13.7 Å². The van der Waals surface area contributed by atoms with Gasteiger partial charge in [0.15, 0.2) is 5.72 Å². The van der Waals surface area contributed by atoms with E-state index in [9.17, 15) is 15.0 Å². The van der Waals surface area contributed by atoms with E-state index in [2.05, 4.69) is 69.3 Å². The molecule has 1 saturated heterocycles. The molecule has 1 unspecified atom stereocenters. The summed E-state index contributed by atoms with van der Waals surface area (Å²) in [4.78, 5) is 14.6. The third kappa shape index (κ3) is 4.61. The monoisotopic (exact) mass is 469 g/mol. The molecule has 1 amide bonds. The number of hydrogen-bond donors (Lipinski definition) is 2. The Morgan fingerprint density at radius 3 is 1.82 bits per heavy atom. The zero-order chi connectivity index (χ0) is 24.7. The maximum atomic E-state index is 13.2. The highest BCUT2D eigenvalue weighted by Crippen LogP contribution is 2.51. The van der Waals surface area contributed by atoms with Gasteiger partial charge in [0, 0.05) is 13.0 Å². The van der Waals surface area contributed by atoms with Crippen molar-refractivity contribution in [2.24, 2.45) is 0 Å². The highest BCUT2D eigenvalue weighted by atomic mass is 28.3. The van der Waals surface area contributed by atoms with Gasteiger partial charge in [0.25, 0.3) is 0 Å². The SMILES string of the molecule is CC(O)[C@@]1(O)C[C@@H]([Si](c2ccccc2)(c2ccccc2)C(C)(C)C)CN1C(=O)OC(C)(C)C. The summed E-state index contributed by atoms with van der Waals surface area (Å²) >= 11 is 0. The van der Waals surface area contributed by atoms with Gasteiger partial charge in [-0.3, -0.25) is 4.90 Å². The van der Waals surface area contributed by atoms with Gasteiger partial charge in [-0.15, -0.1) is 0 Å². The van der Waals surface area contributed by atoms with Gasteiger partial charge in [-0.05, 0) is 38.3 Å². The summed E-state index contributed by atoms with van der Waals surface area (Å²) in [7, 11) is -2.62. The smallest absolute Gasteiger partial charge is 0.412 e. The van der Waals surface area contributed by atoms with Gasteiger partial charge < -0.3 is 14.9 Å². The Morgan fingerprint density at radius 2 is 1.45 bits per heavy atom. The lowest BCUT2D eigenvalue weighted by Crippen LogP contribution is -2.67. The molecule has 1 heterocycles. The second-order valence-electron chi connectivity index (χ2n) is 11.3. The lowest BCUT2D eigenvalue weighted by Gasteiger charge is -2.48. The van der Waals surface area contributed by atoms with E-state index in [-0.39, 0.29) is 17.0 Å². The van der Waals surface area contributed by atoms with Crippen LogP contribution >= 0.6 is 0 Å². The molecule has 180 valence electrons. The first kappa shape index (κ1) is 25.5. The molecule has 2 aromatic rings. The molecule has 3 atom stereocenters. The van der Waals surface area contributed by atoms with E-state index in [1.807, 2.05) is 32.9 Å². The fourth-order valence-electron chi connectivity index (χ4n) is 5.67. The largest absolute Gasteiger partial charge is 0.444 e. The Hall–Kier alpha value is -2.15. The topological polar surface area (TPSA) is 70.0 Å². The van der Waals surface area contributed by atoms with Crippen LogP contribution in [-0.4, -0.2) is 53.3 Å². The van der Waals surface area contributed by atoms with Crippen LogP contribution in [0.3, 0.4) is 0 Å². The molecular weight excluding hydrogens is 430 g/mol. The van der Waals surface area contributed by atoms with Crippen LogP contribution in [0.5, 0.6) is 0 Å². The molecule has 3 rings (SSSR count). The number of ether oxygens (including phenoxy) is 1. The summed E-state index contributed by atoms with van der Waals surface area (Å²) in [5, 5.41) is 24.7. The number of nitrogens with zero attached hydrogens (tertiary/aromatic N) is 1. The van der Waals surface area contributed by atoms with Crippen molar-refractivity contribution in [1.29, 1.82) is 0 Å². The second-order valence-corrected chi connectivity index (χ2v) is 16.4. The van der Waals surface area contributed by atoms with E-state index in [0.717, 1.165) is 0 Å². The minimum absolute atomic E-state index is 0.0329. The Balaban J connectivity index is 2.22. The Morgan fingerprint density at radius 1 is 1.00 bits per heavy atom. The van der Waals surface area contributed by atoms with E-state index in [0.29, 0.717) is 6.54 Å². The molecule has 0 radical (unpaired) electrons. The quantitative estimate of drug-likeness (QED) is 0.661. The van der Waals surface area contributed by atoms with Crippen molar-refractivity contribution in [3.8, 4) is 0 Å². The van der Waals surface area contributed by atoms with Crippen molar-refractivity contribution >= 4 is 24.5 Å². The van der Waals surface area contributed by atoms with Gasteiger partial charge in [-0.25, -0.2) is 4.79 Å². The van der Waals surface area contributed by atoms with E-state index in [4.69, 9.17) is 4.74 Å². The normalized spacial score (nSPS) is 22.8. The van der Waals surface area contributed by atoms with Crippen LogP contribution in [0.25, 0.3) is 0 Å². The van der Waals surface area contributed by atoms with Crippen LogP contribution < -0.4 is 10.4 Å². The Labute approximate surface area is 199 Å². The van der Waals surface area contributed by atoms with Gasteiger partial charge in [-0.1, -0.05) is 91.8 Å². The van der Waals surface area contributed by atoms with Crippen molar-refractivity contribution in [3.05, 3.63) is 60.7 Å². The van der Waals surface area contributed by atoms with Crippen molar-refractivity contribution in [2.45, 2.75) is 82.9 Å². The van der Waals surface area contributed by atoms with E-state index >= 15 is 0 Å². The number of aliphatic hydroxyl groups is 2. The van der Waals surface area contributed by atoms with E-state index < -0.39 is 31.6 Å². The number of carbonyl (C=O) groups excluding carboxylic acids is 1. The number of benzene rings is 2. The summed E-state index contributed by atoms with van der Waals surface area (Å²) in [5.41, 5.74) is -2.43. The average molecular weight is 470 g/mol. The summed E-state index contributed by atoms with van der Waals surface area (Å²) in [5.74, 6) is 0. The second kappa shape index (κ2) is 8.89. The molecule has 1 aliphatic heterocycles. The molecule has 0 aromatic heterocycles. The van der Waals surface area contributed by atoms with E-state index in [1.54, 1.807) is 6.92 Å². The predicted octanol–water partition coefficient (Wildman–Crippen LogP) is 4.13. The minimum atomic E-state index is -2.62. The summed E-state index contributed by atoms with van der Waals surface area (Å²) in [6, 6.07) is 21.0. The van der Waals surface area contributed by atoms with Gasteiger partial charge in [0.05, 0.1) is 6.10 Å². The summed E-state index contributed by atoms with van der Waals surface area (Å²) in [6.07, 6.45) is -1.42. The maximum absolute atomic E-state index is 13.2.